The van der Waals surface area contributed by atoms with Crippen LogP contribution in [0.2, 0.25) is 0 Å². The van der Waals surface area contributed by atoms with Gasteiger partial charge in [0.15, 0.2) is 0 Å². The number of ether oxygens (including phenoxy) is 1. The monoisotopic (exact) mass is 351 g/mol. The minimum atomic E-state index is -0.193. The van der Waals surface area contributed by atoms with Gasteiger partial charge in [-0.25, -0.2) is 0 Å². The van der Waals surface area contributed by atoms with E-state index in [4.69, 9.17) is 4.74 Å². The van der Waals surface area contributed by atoms with Crippen LogP contribution in [0.1, 0.15) is 29.5 Å². The van der Waals surface area contributed by atoms with E-state index in [1.54, 1.807) is 16.7 Å². The van der Waals surface area contributed by atoms with Crippen LogP contribution in [0.5, 0.6) is 0 Å². The number of hydrogen-bond donors (Lipinski definition) is 1. The molecule has 1 heterocycles. The van der Waals surface area contributed by atoms with Gasteiger partial charge < -0.3 is 14.7 Å². The van der Waals surface area contributed by atoms with Gasteiger partial charge in [0, 0.05) is 38.0 Å². The third kappa shape index (κ3) is 5.50. The summed E-state index contributed by atoms with van der Waals surface area (Å²) < 4.78 is 5.38. The minimum absolute atomic E-state index is 0.115. The van der Waals surface area contributed by atoms with Crippen LogP contribution >= 0.6 is 11.8 Å². The summed E-state index contributed by atoms with van der Waals surface area (Å²) in [5.74, 6) is 1.45. The molecule has 1 saturated heterocycles. The van der Waals surface area contributed by atoms with Crippen LogP contribution in [0.4, 0.5) is 0 Å². The number of carbonyl (C=O) groups excluding carboxylic acids is 1. The lowest BCUT2D eigenvalue weighted by Gasteiger charge is -2.38. The van der Waals surface area contributed by atoms with Crippen LogP contribution in [0, 0.1) is 19.3 Å². The average Bonchev–Trinajstić information content (AvgIpc) is 2.54. The number of benzene rings is 1. The molecule has 0 spiro atoms. The van der Waals surface area contributed by atoms with E-state index in [9.17, 15) is 9.90 Å². The predicted molar refractivity (Wildman–Crippen MR) is 99.3 cm³/mol. The largest absolute Gasteiger partial charge is 0.396 e. The zero-order valence-electron chi connectivity index (χ0n) is 15.0. The second kappa shape index (κ2) is 8.88. The maximum atomic E-state index is 12.4. The van der Waals surface area contributed by atoms with Crippen molar-refractivity contribution in [3.05, 3.63) is 34.9 Å². The molecule has 0 bridgehead atoms. The standard InChI is InChI=1S/C19H29NO3S/c1-15-8-16(2)10-17(9-15)11-24-12-18(22)20(3)13-19(14-21)4-6-23-7-5-19/h8-10,21H,4-7,11-14H2,1-3H3. The van der Waals surface area contributed by atoms with Crippen LogP contribution in [-0.2, 0) is 15.3 Å². The highest BCUT2D eigenvalue weighted by atomic mass is 32.2. The molecule has 1 amide bonds. The van der Waals surface area contributed by atoms with E-state index >= 15 is 0 Å². The second-order valence-electron chi connectivity index (χ2n) is 7.01. The Hall–Kier alpha value is -1.04. The first kappa shape index (κ1) is 19.3. The van der Waals surface area contributed by atoms with E-state index in [2.05, 4.69) is 32.0 Å². The first-order valence-corrected chi connectivity index (χ1v) is 9.67. The Morgan fingerprint density at radius 3 is 2.46 bits per heavy atom. The second-order valence-corrected chi connectivity index (χ2v) is 7.99. The summed E-state index contributed by atoms with van der Waals surface area (Å²) in [6.45, 7) is 6.26. The van der Waals surface area contributed by atoms with Crippen LogP contribution in [0.25, 0.3) is 0 Å². The first-order chi connectivity index (χ1) is 11.4. The van der Waals surface area contributed by atoms with Crippen LogP contribution in [-0.4, -0.2) is 55.1 Å². The Morgan fingerprint density at radius 2 is 1.88 bits per heavy atom. The smallest absolute Gasteiger partial charge is 0.232 e. The molecule has 0 aromatic heterocycles. The van der Waals surface area contributed by atoms with Crippen molar-refractivity contribution in [2.45, 2.75) is 32.4 Å². The normalized spacial score (nSPS) is 16.8. The molecule has 1 aromatic carbocycles. The molecule has 0 aliphatic carbocycles. The summed E-state index contributed by atoms with van der Waals surface area (Å²) in [6.07, 6.45) is 1.63. The highest BCUT2D eigenvalue weighted by Crippen LogP contribution is 2.30. The molecule has 0 radical (unpaired) electrons. The Balaban J connectivity index is 1.80. The maximum Gasteiger partial charge on any atom is 0.232 e. The molecule has 2 rings (SSSR count). The van der Waals surface area contributed by atoms with Gasteiger partial charge in [-0.1, -0.05) is 29.3 Å². The van der Waals surface area contributed by atoms with Gasteiger partial charge in [-0.15, -0.1) is 11.8 Å². The van der Waals surface area contributed by atoms with Crippen LogP contribution < -0.4 is 0 Å². The average molecular weight is 352 g/mol. The number of aliphatic hydroxyl groups excluding tert-OH is 1. The molecular weight excluding hydrogens is 322 g/mol. The summed E-state index contributed by atoms with van der Waals surface area (Å²) in [5, 5.41) is 9.75. The Bertz CT molecular complexity index is 535. The van der Waals surface area contributed by atoms with Crippen molar-refractivity contribution < 1.29 is 14.6 Å². The Morgan fingerprint density at radius 1 is 1.25 bits per heavy atom. The summed E-state index contributed by atoms with van der Waals surface area (Å²) in [6, 6.07) is 6.52. The molecule has 1 N–H and O–H groups in total. The SMILES string of the molecule is Cc1cc(C)cc(CSCC(=O)N(C)CC2(CO)CCOCC2)c1. The highest BCUT2D eigenvalue weighted by molar-refractivity contribution is 7.99. The van der Waals surface area contributed by atoms with E-state index in [1.807, 2.05) is 7.05 Å². The van der Waals surface area contributed by atoms with E-state index in [0.717, 1.165) is 18.6 Å². The van der Waals surface area contributed by atoms with Crippen LogP contribution in [0.15, 0.2) is 18.2 Å². The van der Waals surface area contributed by atoms with E-state index < -0.39 is 0 Å². The molecule has 5 heteroatoms. The third-order valence-electron chi connectivity index (χ3n) is 4.66. The predicted octanol–water partition coefficient (Wildman–Crippen LogP) is 2.78. The van der Waals surface area contributed by atoms with Gasteiger partial charge in [-0.05, 0) is 32.3 Å². The number of aliphatic hydroxyl groups is 1. The van der Waals surface area contributed by atoms with Crippen molar-refractivity contribution in [2.75, 3.05) is 39.2 Å². The summed E-state index contributed by atoms with van der Waals surface area (Å²) in [7, 11) is 1.84. The lowest BCUT2D eigenvalue weighted by molar-refractivity contribution is -0.130. The number of rotatable bonds is 7. The number of hydrogen-bond acceptors (Lipinski definition) is 4. The van der Waals surface area contributed by atoms with E-state index in [-0.39, 0.29) is 17.9 Å². The number of thioether (sulfide) groups is 1. The van der Waals surface area contributed by atoms with Gasteiger partial charge in [0.1, 0.15) is 0 Å². The molecule has 4 nitrogen and oxygen atoms in total. The Kier molecular flexibility index (Phi) is 7.14. The molecule has 1 aromatic rings. The number of carbonyl (C=O) groups is 1. The van der Waals surface area contributed by atoms with E-state index in [1.165, 1.54) is 16.7 Å². The summed E-state index contributed by atoms with van der Waals surface area (Å²) in [5.41, 5.74) is 3.60. The van der Waals surface area contributed by atoms with Crippen LogP contribution in [0.3, 0.4) is 0 Å². The fourth-order valence-corrected chi connectivity index (χ4v) is 4.18. The zero-order chi connectivity index (χ0) is 17.6. The van der Waals surface area contributed by atoms with Crippen molar-refractivity contribution in [1.82, 2.24) is 4.90 Å². The van der Waals surface area contributed by atoms with Gasteiger partial charge in [-0.2, -0.15) is 0 Å². The molecule has 0 saturated carbocycles. The van der Waals surface area contributed by atoms with Gasteiger partial charge in [-0.3, -0.25) is 4.79 Å². The molecule has 0 unspecified atom stereocenters. The molecule has 24 heavy (non-hydrogen) atoms. The zero-order valence-corrected chi connectivity index (χ0v) is 15.8. The van der Waals surface area contributed by atoms with Gasteiger partial charge >= 0.3 is 0 Å². The lowest BCUT2D eigenvalue weighted by Crippen LogP contribution is -2.45. The first-order valence-electron chi connectivity index (χ1n) is 8.52. The summed E-state index contributed by atoms with van der Waals surface area (Å²) >= 11 is 1.65. The topological polar surface area (TPSA) is 49.8 Å². The minimum Gasteiger partial charge on any atom is -0.396 e. The number of nitrogens with zero attached hydrogens (tertiary/aromatic N) is 1. The fourth-order valence-electron chi connectivity index (χ4n) is 3.28. The summed E-state index contributed by atoms with van der Waals surface area (Å²) in [4.78, 5) is 14.2. The van der Waals surface area contributed by atoms with E-state index in [0.29, 0.717) is 25.5 Å². The van der Waals surface area contributed by atoms with Gasteiger partial charge in [0.2, 0.25) is 5.91 Å². The highest BCUT2D eigenvalue weighted by Gasteiger charge is 2.34. The van der Waals surface area contributed by atoms with Crippen molar-refractivity contribution in [2.24, 2.45) is 5.41 Å². The molecule has 1 fully saturated rings. The molecule has 0 atom stereocenters. The third-order valence-corrected chi connectivity index (χ3v) is 5.65. The quantitative estimate of drug-likeness (QED) is 0.821. The molecular formula is C19H29NO3S. The van der Waals surface area contributed by atoms with Crippen molar-refractivity contribution >= 4 is 17.7 Å². The maximum absolute atomic E-state index is 12.4. The van der Waals surface area contributed by atoms with Crippen molar-refractivity contribution in [3.8, 4) is 0 Å². The molecule has 1 aliphatic heterocycles. The van der Waals surface area contributed by atoms with Gasteiger partial charge in [0.05, 0.1) is 12.4 Å². The molecule has 134 valence electrons. The lowest BCUT2D eigenvalue weighted by atomic mass is 9.80. The fraction of sp³-hybridized carbons (Fsp3) is 0.632. The Labute approximate surface area is 149 Å². The van der Waals surface area contributed by atoms with Gasteiger partial charge in [0.25, 0.3) is 0 Å². The molecule has 1 aliphatic rings. The van der Waals surface area contributed by atoms with Crippen molar-refractivity contribution in [1.29, 1.82) is 0 Å². The number of amides is 1. The number of aryl methyl sites for hydroxylation is 2. The van der Waals surface area contributed by atoms with Crippen molar-refractivity contribution in [3.63, 3.8) is 0 Å².